The van der Waals surface area contributed by atoms with E-state index >= 15 is 0 Å². The van der Waals surface area contributed by atoms with E-state index in [1.165, 1.54) is 9.80 Å². The molecular weight excluding hydrogens is 230 g/mol. The molecule has 2 atom stereocenters. The van der Waals surface area contributed by atoms with Crippen molar-refractivity contribution in [2.75, 3.05) is 27.7 Å². The maximum atomic E-state index is 12.3. The molecule has 0 heterocycles. The molecule has 0 saturated heterocycles. The van der Waals surface area contributed by atoms with Gasteiger partial charge in [-0.1, -0.05) is 19.3 Å². The molecule has 104 valence electrons. The first kappa shape index (κ1) is 15.0. The molecule has 1 saturated carbocycles. The highest BCUT2D eigenvalue weighted by molar-refractivity contribution is 5.85. The van der Waals surface area contributed by atoms with Crippen LogP contribution in [0.2, 0.25) is 0 Å². The number of hydrogen-bond donors (Lipinski definition) is 1. The Bertz CT molecular complexity index is 305. The van der Waals surface area contributed by atoms with Crippen molar-refractivity contribution >= 4 is 11.8 Å². The van der Waals surface area contributed by atoms with Gasteiger partial charge in [0.15, 0.2) is 0 Å². The Hall–Kier alpha value is -1.10. The third-order valence-corrected chi connectivity index (χ3v) is 3.63. The number of nitrogens with two attached hydrogens (primary N) is 1. The van der Waals surface area contributed by atoms with Crippen molar-refractivity contribution in [1.82, 2.24) is 9.80 Å². The van der Waals surface area contributed by atoms with Crippen LogP contribution >= 0.6 is 0 Å². The summed E-state index contributed by atoms with van der Waals surface area (Å²) in [5.41, 5.74) is 6.07. The molecule has 0 bridgehead atoms. The van der Waals surface area contributed by atoms with E-state index in [0.29, 0.717) is 0 Å². The molecule has 5 nitrogen and oxygen atoms in total. The molecule has 5 heteroatoms. The summed E-state index contributed by atoms with van der Waals surface area (Å²) >= 11 is 0. The van der Waals surface area contributed by atoms with Crippen LogP contribution in [0.4, 0.5) is 0 Å². The van der Waals surface area contributed by atoms with Gasteiger partial charge in [-0.2, -0.15) is 0 Å². The minimum atomic E-state index is -0.118. The van der Waals surface area contributed by atoms with Crippen molar-refractivity contribution in [2.45, 2.75) is 38.1 Å². The lowest BCUT2D eigenvalue weighted by atomic mass is 9.94. The van der Waals surface area contributed by atoms with E-state index in [0.717, 1.165) is 32.1 Å². The first-order valence-corrected chi connectivity index (χ1v) is 6.64. The van der Waals surface area contributed by atoms with Crippen LogP contribution in [0.25, 0.3) is 0 Å². The molecular formula is C13H25N3O2. The average molecular weight is 255 g/mol. The van der Waals surface area contributed by atoms with Crippen molar-refractivity contribution in [3.05, 3.63) is 0 Å². The molecule has 2 N–H and O–H groups in total. The van der Waals surface area contributed by atoms with Gasteiger partial charge in [0.2, 0.25) is 11.8 Å². The minimum absolute atomic E-state index is 0.0135. The van der Waals surface area contributed by atoms with E-state index in [-0.39, 0.29) is 30.3 Å². The Morgan fingerprint density at radius 1 is 1.11 bits per heavy atom. The largest absolute Gasteiger partial charge is 0.347 e. The fraction of sp³-hybridized carbons (Fsp3) is 0.846. The third kappa shape index (κ3) is 3.98. The highest BCUT2D eigenvalue weighted by Crippen LogP contribution is 2.23. The SMILES string of the molecule is CN(C)C(=O)CN(C)C(=O)C1CCCCCC1N. The van der Waals surface area contributed by atoms with Crippen LogP contribution in [0.3, 0.4) is 0 Å². The number of rotatable bonds is 3. The zero-order chi connectivity index (χ0) is 13.7. The van der Waals surface area contributed by atoms with E-state index in [1.54, 1.807) is 21.1 Å². The molecule has 0 spiro atoms. The van der Waals surface area contributed by atoms with Gasteiger partial charge in [-0.15, -0.1) is 0 Å². The molecule has 18 heavy (non-hydrogen) atoms. The summed E-state index contributed by atoms with van der Waals surface area (Å²) < 4.78 is 0. The lowest BCUT2D eigenvalue weighted by molar-refractivity contribution is -0.141. The van der Waals surface area contributed by atoms with Crippen LogP contribution in [-0.4, -0.2) is 55.3 Å². The van der Waals surface area contributed by atoms with E-state index in [2.05, 4.69) is 0 Å². The fourth-order valence-corrected chi connectivity index (χ4v) is 2.35. The lowest BCUT2D eigenvalue weighted by Gasteiger charge is -2.26. The monoisotopic (exact) mass is 255 g/mol. The smallest absolute Gasteiger partial charge is 0.241 e. The number of nitrogens with zero attached hydrogens (tertiary/aromatic N) is 2. The van der Waals surface area contributed by atoms with Crippen LogP contribution in [0, 0.1) is 5.92 Å². The molecule has 0 aromatic heterocycles. The van der Waals surface area contributed by atoms with Crippen molar-refractivity contribution in [2.24, 2.45) is 11.7 Å². The number of amides is 2. The molecule has 0 aromatic carbocycles. The predicted octanol–water partition coefficient (Wildman–Crippen LogP) is 0.441. The van der Waals surface area contributed by atoms with Gasteiger partial charge in [0, 0.05) is 27.2 Å². The minimum Gasteiger partial charge on any atom is -0.347 e. The highest BCUT2D eigenvalue weighted by atomic mass is 16.2. The number of carbonyl (C=O) groups is 2. The summed E-state index contributed by atoms with van der Waals surface area (Å²) in [5, 5.41) is 0. The Morgan fingerprint density at radius 2 is 1.72 bits per heavy atom. The molecule has 2 unspecified atom stereocenters. The Labute approximate surface area is 109 Å². The molecule has 0 aromatic rings. The molecule has 1 aliphatic carbocycles. The number of hydrogen-bond acceptors (Lipinski definition) is 3. The average Bonchev–Trinajstić information content (AvgIpc) is 2.52. The maximum absolute atomic E-state index is 12.3. The van der Waals surface area contributed by atoms with Gasteiger partial charge in [0.25, 0.3) is 0 Å². The fourth-order valence-electron chi connectivity index (χ4n) is 2.35. The molecule has 1 aliphatic rings. The topological polar surface area (TPSA) is 66.6 Å². The number of likely N-dealkylation sites (N-methyl/N-ethyl adjacent to an activating group) is 2. The summed E-state index contributed by atoms with van der Waals surface area (Å²) in [6.07, 6.45) is 5.06. The van der Waals surface area contributed by atoms with Crippen LogP contribution in [-0.2, 0) is 9.59 Å². The molecule has 0 radical (unpaired) electrons. The first-order valence-electron chi connectivity index (χ1n) is 6.64. The van der Waals surface area contributed by atoms with Crippen molar-refractivity contribution in [1.29, 1.82) is 0 Å². The molecule has 1 rings (SSSR count). The van der Waals surface area contributed by atoms with Gasteiger partial charge in [-0.05, 0) is 12.8 Å². The quantitative estimate of drug-likeness (QED) is 0.744. The lowest BCUT2D eigenvalue weighted by Crippen LogP contribution is -2.45. The summed E-state index contributed by atoms with van der Waals surface area (Å²) in [5.74, 6) is -0.167. The third-order valence-electron chi connectivity index (χ3n) is 3.63. The predicted molar refractivity (Wildman–Crippen MR) is 70.9 cm³/mol. The van der Waals surface area contributed by atoms with Crippen molar-refractivity contribution in [3.63, 3.8) is 0 Å². The van der Waals surface area contributed by atoms with Crippen molar-refractivity contribution < 1.29 is 9.59 Å². The van der Waals surface area contributed by atoms with Crippen LogP contribution in [0.5, 0.6) is 0 Å². The van der Waals surface area contributed by atoms with Gasteiger partial charge in [0.1, 0.15) is 0 Å². The Morgan fingerprint density at radius 3 is 2.33 bits per heavy atom. The summed E-state index contributed by atoms with van der Waals surface area (Å²) in [4.78, 5) is 26.9. The van der Waals surface area contributed by atoms with E-state index < -0.39 is 0 Å². The van der Waals surface area contributed by atoms with Gasteiger partial charge in [0.05, 0.1) is 12.5 Å². The molecule has 2 amide bonds. The van der Waals surface area contributed by atoms with Gasteiger partial charge in [-0.3, -0.25) is 9.59 Å². The maximum Gasteiger partial charge on any atom is 0.241 e. The molecule has 1 fully saturated rings. The second-order valence-corrected chi connectivity index (χ2v) is 5.39. The van der Waals surface area contributed by atoms with E-state index in [9.17, 15) is 9.59 Å². The van der Waals surface area contributed by atoms with Crippen LogP contribution in [0.15, 0.2) is 0 Å². The van der Waals surface area contributed by atoms with E-state index in [1.807, 2.05) is 0 Å². The van der Waals surface area contributed by atoms with Crippen LogP contribution in [0.1, 0.15) is 32.1 Å². The van der Waals surface area contributed by atoms with Gasteiger partial charge in [-0.25, -0.2) is 0 Å². The molecule has 0 aliphatic heterocycles. The Kier molecular flexibility index (Phi) is 5.59. The zero-order valence-corrected chi connectivity index (χ0v) is 11.7. The first-order chi connectivity index (χ1) is 8.43. The van der Waals surface area contributed by atoms with Crippen molar-refractivity contribution in [3.8, 4) is 0 Å². The summed E-state index contributed by atoms with van der Waals surface area (Å²) in [6, 6.07) is -0.0584. The second kappa shape index (κ2) is 6.73. The van der Waals surface area contributed by atoms with Gasteiger partial charge >= 0.3 is 0 Å². The van der Waals surface area contributed by atoms with Crippen LogP contribution < -0.4 is 5.73 Å². The standard InChI is InChI=1S/C13H25N3O2/c1-15(2)12(17)9-16(3)13(18)10-7-5-4-6-8-11(10)14/h10-11H,4-9,14H2,1-3H3. The normalized spacial score (nSPS) is 24.2. The van der Waals surface area contributed by atoms with Gasteiger partial charge < -0.3 is 15.5 Å². The summed E-state index contributed by atoms with van der Waals surface area (Å²) in [6.45, 7) is 0.134. The summed E-state index contributed by atoms with van der Waals surface area (Å²) in [7, 11) is 5.07. The number of carbonyl (C=O) groups excluding carboxylic acids is 2. The Balaban J connectivity index is 2.58. The zero-order valence-electron chi connectivity index (χ0n) is 11.7. The van der Waals surface area contributed by atoms with E-state index in [4.69, 9.17) is 5.73 Å². The second-order valence-electron chi connectivity index (χ2n) is 5.39. The highest BCUT2D eigenvalue weighted by Gasteiger charge is 2.29.